The number of amides is 1. The molecule has 1 aromatic rings. The number of hydrogen-bond donors (Lipinski definition) is 2. The van der Waals surface area contributed by atoms with Gasteiger partial charge in [0.25, 0.3) is 5.91 Å². The normalized spacial score (nSPS) is 11.1. The van der Waals surface area contributed by atoms with Crippen LogP contribution in [-0.4, -0.2) is 27.5 Å². The first-order valence-corrected chi connectivity index (χ1v) is 5.93. The lowest BCUT2D eigenvalue weighted by molar-refractivity contribution is 0.0696. The standard InChI is InChI=1S/C13H18N2O3/c1-4-13(3,5-2)15-11(16)10-8-9(12(17)18)6-7-14-10/h6-8H,4-5H2,1-3H3,(H,15,16)(H,17,18). The van der Waals surface area contributed by atoms with Crippen LogP contribution in [0.2, 0.25) is 0 Å². The van der Waals surface area contributed by atoms with Crippen molar-refractivity contribution in [1.82, 2.24) is 10.3 Å². The number of carbonyl (C=O) groups excluding carboxylic acids is 1. The van der Waals surface area contributed by atoms with Crippen LogP contribution in [0.1, 0.15) is 54.5 Å². The highest BCUT2D eigenvalue weighted by atomic mass is 16.4. The third-order valence-electron chi connectivity index (χ3n) is 3.22. The van der Waals surface area contributed by atoms with E-state index < -0.39 is 5.97 Å². The van der Waals surface area contributed by atoms with Gasteiger partial charge in [0.15, 0.2) is 0 Å². The van der Waals surface area contributed by atoms with Crippen LogP contribution in [0.4, 0.5) is 0 Å². The Hall–Kier alpha value is -1.91. The average Bonchev–Trinajstić information content (AvgIpc) is 2.38. The monoisotopic (exact) mass is 250 g/mol. The van der Waals surface area contributed by atoms with Gasteiger partial charge >= 0.3 is 5.97 Å². The Bertz CT molecular complexity index is 453. The second kappa shape index (κ2) is 5.62. The summed E-state index contributed by atoms with van der Waals surface area (Å²) in [6.07, 6.45) is 2.93. The molecule has 0 unspecified atom stereocenters. The van der Waals surface area contributed by atoms with Gasteiger partial charge in [0.2, 0.25) is 0 Å². The number of nitrogens with zero attached hydrogens (tertiary/aromatic N) is 1. The number of carboxylic acid groups (broad SMARTS) is 1. The van der Waals surface area contributed by atoms with E-state index in [1.165, 1.54) is 18.3 Å². The van der Waals surface area contributed by atoms with Crippen molar-refractivity contribution in [3.63, 3.8) is 0 Å². The summed E-state index contributed by atoms with van der Waals surface area (Å²) < 4.78 is 0. The quantitative estimate of drug-likeness (QED) is 0.838. The summed E-state index contributed by atoms with van der Waals surface area (Å²) in [6, 6.07) is 2.64. The Balaban J connectivity index is 2.91. The lowest BCUT2D eigenvalue weighted by Crippen LogP contribution is -2.45. The van der Waals surface area contributed by atoms with Gasteiger partial charge in [0, 0.05) is 11.7 Å². The minimum atomic E-state index is -1.07. The maximum Gasteiger partial charge on any atom is 0.335 e. The predicted molar refractivity (Wildman–Crippen MR) is 67.6 cm³/mol. The van der Waals surface area contributed by atoms with Crippen LogP contribution in [0.25, 0.3) is 0 Å². The number of aromatic nitrogens is 1. The summed E-state index contributed by atoms with van der Waals surface area (Å²) in [5.74, 6) is -1.41. The van der Waals surface area contributed by atoms with E-state index in [-0.39, 0.29) is 22.7 Å². The molecule has 1 heterocycles. The summed E-state index contributed by atoms with van der Waals surface area (Å²) in [7, 11) is 0. The maximum atomic E-state index is 12.0. The highest BCUT2D eigenvalue weighted by Crippen LogP contribution is 2.14. The van der Waals surface area contributed by atoms with Crippen LogP contribution in [-0.2, 0) is 0 Å². The minimum absolute atomic E-state index is 0.0600. The molecule has 0 saturated heterocycles. The van der Waals surface area contributed by atoms with E-state index in [1.54, 1.807) is 0 Å². The molecular weight excluding hydrogens is 232 g/mol. The van der Waals surface area contributed by atoms with E-state index in [1.807, 2.05) is 20.8 Å². The molecule has 0 spiro atoms. The van der Waals surface area contributed by atoms with Crippen LogP contribution < -0.4 is 5.32 Å². The summed E-state index contributed by atoms with van der Waals surface area (Å²) in [6.45, 7) is 5.93. The summed E-state index contributed by atoms with van der Waals surface area (Å²) in [5.41, 5.74) is -0.106. The van der Waals surface area contributed by atoms with E-state index >= 15 is 0 Å². The number of pyridine rings is 1. The summed E-state index contributed by atoms with van der Waals surface area (Å²) in [4.78, 5) is 26.7. The number of hydrogen-bond acceptors (Lipinski definition) is 3. The smallest absolute Gasteiger partial charge is 0.335 e. The maximum absolute atomic E-state index is 12.0. The first-order chi connectivity index (χ1) is 8.41. The Kier molecular flexibility index (Phi) is 4.42. The van der Waals surface area contributed by atoms with Crippen LogP contribution in [0.15, 0.2) is 18.3 Å². The molecule has 1 amide bonds. The van der Waals surface area contributed by atoms with Crippen molar-refractivity contribution in [3.05, 3.63) is 29.6 Å². The topological polar surface area (TPSA) is 79.3 Å². The molecule has 0 fully saturated rings. The molecule has 0 bridgehead atoms. The SMILES string of the molecule is CCC(C)(CC)NC(=O)c1cc(C(=O)O)ccn1. The Labute approximate surface area is 106 Å². The molecule has 0 saturated carbocycles. The lowest BCUT2D eigenvalue weighted by atomic mass is 9.95. The molecule has 0 atom stereocenters. The molecule has 0 aromatic carbocycles. The van der Waals surface area contributed by atoms with Gasteiger partial charge in [-0.3, -0.25) is 9.78 Å². The van der Waals surface area contributed by atoms with Crippen molar-refractivity contribution in [2.24, 2.45) is 0 Å². The molecule has 1 aromatic heterocycles. The second-order valence-electron chi connectivity index (χ2n) is 4.46. The van der Waals surface area contributed by atoms with Gasteiger partial charge < -0.3 is 10.4 Å². The van der Waals surface area contributed by atoms with E-state index in [4.69, 9.17) is 5.11 Å². The van der Waals surface area contributed by atoms with Gasteiger partial charge in [-0.2, -0.15) is 0 Å². The molecule has 0 radical (unpaired) electrons. The molecule has 5 heteroatoms. The summed E-state index contributed by atoms with van der Waals surface area (Å²) in [5, 5.41) is 11.7. The molecule has 2 N–H and O–H groups in total. The van der Waals surface area contributed by atoms with E-state index in [2.05, 4.69) is 10.3 Å². The highest BCUT2D eigenvalue weighted by Gasteiger charge is 2.23. The molecule has 0 aliphatic heterocycles. The zero-order valence-electron chi connectivity index (χ0n) is 10.9. The largest absolute Gasteiger partial charge is 0.478 e. The van der Waals surface area contributed by atoms with Gasteiger partial charge in [0.1, 0.15) is 5.69 Å². The molecular formula is C13H18N2O3. The van der Waals surface area contributed by atoms with Crippen molar-refractivity contribution in [3.8, 4) is 0 Å². The second-order valence-corrected chi connectivity index (χ2v) is 4.46. The molecule has 0 aliphatic rings. The Morgan fingerprint density at radius 1 is 1.39 bits per heavy atom. The van der Waals surface area contributed by atoms with E-state index in [0.29, 0.717) is 0 Å². The van der Waals surface area contributed by atoms with Gasteiger partial charge in [0.05, 0.1) is 5.56 Å². The molecule has 98 valence electrons. The highest BCUT2D eigenvalue weighted by molar-refractivity contribution is 5.96. The Morgan fingerprint density at radius 2 is 2.00 bits per heavy atom. The van der Waals surface area contributed by atoms with Crippen molar-refractivity contribution in [1.29, 1.82) is 0 Å². The molecule has 1 rings (SSSR count). The van der Waals surface area contributed by atoms with Crippen LogP contribution in [0.3, 0.4) is 0 Å². The fourth-order valence-electron chi connectivity index (χ4n) is 1.45. The van der Waals surface area contributed by atoms with Crippen LogP contribution in [0.5, 0.6) is 0 Å². The van der Waals surface area contributed by atoms with Crippen molar-refractivity contribution >= 4 is 11.9 Å². The third-order valence-corrected chi connectivity index (χ3v) is 3.22. The van der Waals surface area contributed by atoms with Gasteiger partial charge in [-0.25, -0.2) is 4.79 Å². The van der Waals surface area contributed by atoms with Crippen LogP contribution in [0, 0.1) is 0 Å². The number of rotatable bonds is 5. The molecule has 18 heavy (non-hydrogen) atoms. The van der Waals surface area contributed by atoms with Gasteiger partial charge in [-0.15, -0.1) is 0 Å². The first-order valence-electron chi connectivity index (χ1n) is 5.93. The number of aromatic carboxylic acids is 1. The fourth-order valence-corrected chi connectivity index (χ4v) is 1.45. The van der Waals surface area contributed by atoms with Crippen molar-refractivity contribution < 1.29 is 14.7 Å². The zero-order valence-corrected chi connectivity index (χ0v) is 10.9. The van der Waals surface area contributed by atoms with Crippen molar-refractivity contribution in [2.45, 2.75) is 39.2 Å². The first kappa shape index (κ1) is 14.2. The average molecular weight is 250 g/mol. The molecule has 5 nitrogen and oxygen atoms in total. The number of nitrogens with one attached hydrogen (secondary N) is 1. The number of carboxylic acids is 1. The lowest BCUT2D eigenvalue weighted by Gasteiger charge is -2.28. The van der Waals surface area contributed by atoms with Gasteiger partial charge in [-0.05, 0) is 31.9 Å². The van der Waals surface area contributed by atoms with E-state index in [0.717, 1.165) is 12.8 Å². The van der Waals surface area contributed by atoms with Crippen molar-refractivity contribution in [2.75, 3.05) is 0 Å². The summed E-state index contributed by atoms with van der Waals surface area (Å²) >= 11 is 0. The van der Waals surface area contributed by atoms with E-state index in [9.17, 15) is 9.59 Å². The fraction of sp³-hybridized carbons (Fsp3) is 0.462. The zero-order chi connectivity index (χ0) is 13.8. The number of carbonyl (C=O) groups is 2. The van der Waals surface area contributed by atoms with Gasteiger partial charge in [-0.1, -0.05) is 13.8 Å². The molecule has 0 aliphatic carbocycles. The third kappa shape index (κ3) is 3.29. The van der Waals surface area contributed by atoms with Crippen LogP contribution >= 0.6 is 0 Å². The predicted octanol–water partition coefficient (Wildman–Crippen LogP) is 2.09. The minimum Gasteiger partial charge on any atom is -0.478 e. The Morgan fingerprint density at radius 3 is 2.50 bits per heavy atom.